The van der Waals surface area contributed by atoms with E-state index in [9.17, 15) is 14.9 Å². The number of benzene rings is 1. The van der Waals surface area contributed by atoms with Crippen molar-refractivity contribution in [3.05, 3.63) is 34.4 Å². The predicted molar refractivity (Wildman–Crippen MR) is 85.3 cm³/mol. The summed E-state index contributed by atoms with van der Waals surface area (Å²) in [6, 6.07) is 6.33. The maximum Gasteiger partial charge on any atom is 0.273 e. The second-order valence-corrected chi connectivity index (χ2v) is 6.38. The molecule has 2 fully saturated rings. The van der Waals surface area contributed by atoms with E-state index < -0.39 is 4.92 Å². The van der Waals surface area contributed by atoms with E-state index in [1.807, 2.05) is 4.90 Å². The van der Waals surface area contributed by atoms with Crippen molar-refractivity contribution in [2.24, 2.45) is 5.92 Å². The molecule has 0 bridgehead atoms. The summed E-state index contributed by atoms with van der Waals surface area (Å²) < 4.78 is 5.50. The lowest BCUT2D eigenvalue weighted by Gasteiger charge is -2.44. The summed E-state index contributed by atoms with van der Waals surface area (Å²) in [6.07, 6.45) is 7.06. The van der Waals surface area contributed by atoms with Gasteiger partial charge in [0.25, 0.3) is 11.6 Å². The molecule has 1 aromatic carbocycles. The number of nitrogens with zero attached hydrogens (tertiary/aromatic N) is 2. The van der Waals surface area contributed by atoms with Gasteiger partial charge in [-0.05, 0) is 37.7 Å². The lowest BCUT2D eigenvalue weighted by Crippen LogP contribution is -2.51. The highest BCUT2D eigenvalue weighted by atomic mass is 16.6. The molecule has 0 unspecified atom stereocenters. The molecule has 6 heteroatoms. The average Bonchev–Trinajstić information content (AvgIpc) is 2.59. The highest BCUT2D eigenvalue weighted by Gasteiger charge is 2.35. The topological polar surface area (TPSA) is 72.7 Å². The van der Waals surface area contributed by atoms with Crippen LogP contribution in [0.5, 0.6) is 5.75 Å². The molecular weight excluding hydrogens is 296 g/mol. The van der Waals surface area contributed by atoms with Gasteiger partial charge in [-0.2, -0.15) is 0 Å². The molecule has 1 heterocycles. The van der Waals surface area contributed by atoms with Crippen LogP contribution >= 0.6 is 0 Å². The predicted octanol–water partition coefficient (Wildman–Crippen LogP) is 3.15. The number of hydrogen-bond donors (Lipinski definition) is 0. The Morgan fingerprint density at radius 2 is 2.04 bits per heavy atom. The number of amides is 1. The molecule has 0 N–H and O–H groups in total. The number of ether oxygens (including phenoxy) is 1. The Hall–Kier alpha value is -2.11. The summed E-state index contributed by atoms with van der Waals surface area (Å²) in [5.41, 5.74) is -0.0275. The largest absolute Gasteiger partial charge is 0.484 e. The lowest BCUT2D eigenvalue weighted by atomic mass is 9.78. The van der Waals surface area contributed by atoms with E-state index in [0.717, 1.165) is 19.4 Å². The fourth-order valence-corrected chi connectivity index (χ4v) is 3.85. The van der Waals surface area contributed by atoms with Gasteiger partial charge in [-0.25, -0.2) is 0 Å². The molecule has 0 radical (unpaired) electrons. The third kappa shape index (κ3) is 3.63. The third-order valence-electron chi connectivity index (χ3n) is 4.95. The van der Waals surface area contributed by atoms with E-state index in [-0.39, 0.29) is 18.2 Å². The SMILES string of the molecule is O=C(COc1cccc([N+](=O)[O-])c1)N1CCC[C@H]2CCCC[C@H]21. The number of hydrogen-bond acceptors (Lipinski definition) is 4. The molecule has 0 spiro atoms. The zero-order valence-electron chi connectivity index (χ0n) is 13.1. The fourth-order valence-electron chi connectivity index (χ4n) is 3.85. The zero-order chi connectivity index (χ0) is 16.2. The van der Waals surface area contributed by atoms with Crippen LogP contribution in [0.25, 0.3) is 0 Å². The van der Waals surface area contributed by atoms with Crippen LogP contribution in [0.3, 0.4) is 0 Å². The van der Waals surface area contributed by atoms with Crippen molar-refractivity contribution >= 4 is 11.6 Å². The first-order chi connectivity index (χ1) is 11.1. The number of rotatable bonds is 4. The van der Waals surface area contributed by atoms with Crippen LogP contribution in [-0.2, 0) is 4.79 Å². The van der Waals surface area contributed by atoms with Gasteiger partial charge in [-0.1, -0.05) is 18.9 Å². The quantitative estimate of drug-likeness (QED) is 0.631. The summed E-state index contributed by atoms with van der Waals surface area (Å²) in [6.45, 7) is 0.753. The number of nitro benzene ring substituents is 1. The number of fused-ring (bicyclic) bond motifs is 1. The van der Waals surface area contributed by atoms with Gasteiger partial charge < -0.3 is 9.64 Å². The van der Waals surface area contributed by atoms with E-state index in [4.69, 9.17) is 4.74 Å². The van der Waals surface area contributed by atoms with Gasteiger partial charge >= 0.3 is 0 Å². The molecule has 1 aromatic rings. The minimum atomic E-state index is -0.466. The van der Waals surface area contributed by atoms with Gasteiger partial charge in [0.05, 0.1) is 11.0 Å². The van der Waals surface area contributed by atoms with E-state index in [1.54, 1.807) is 12.1 Å². The third-order valence-corrected chi connectivity index (χ3v) is 4.95. The van der Waals surface area contributed by atoms with Crippen LogP contribution < -0.4 is 4.74 Å². The summed E-state index contributed by atoms with van der Waals surface area (Å²) in [5.74, 6) is 0.997. The first kappa shape index (κ1) is 15.8. The molecule has 1 aliphatic carbocycles. The standard InChI is InChI=1S/C17H22N2O4/c20-17(12-23-15-8-3-7-14(11-15)19(21)22)18-10-4-6-13-5-1-2-9-16(13)18/h3,7-8,11,13,16H,1-2,4-6,9-10,12H2/t13-,16-/m1/s1. The molecule has 3 rings (SSSR count). The highest BCUT2D eigenvalue weighted by Crippen LogP contribution is 2.35. The Kier molecular flexibility index (Phi) is 4.79. The van der Waals surface area contributed by atoms with Crippen LogP contribution in [0.15, 0.2) is 24.3 Å². The maximum absolute atomic E-state index is 12.5. The summed E-state index contributed by atoms with van der Waals surface area (Å²) in [5, 5.41) is 10.8. The van der Waals surface area contributed by atoms with Crippen LogP contribution in [0.1, 0.15) is 38.5 Å². The molecular formula is C17H22N2O4. The normalized spacial score (nSPS) is 23.9. The second kappa shape index (κ2) is 6.98. The van der Waals surface area contributed by atoms with Crippen LogP contribution in [0, 0.1) is 16.0 Å². The Bertz CT molecular complexity index is 588. The van der Waals surface area contributed by atoms with E-state index in [0.29, 0.717) is 17.7 Å². The van der Waals surface area contributed by atoms with Crippen molar-refractivity contribution in [3.8, 4) is 5.75 Å². The zero-order valence-corrected chi connectivity index (χ0v) is 13.1. The lowest BCUT2D eigenvalue weighted by molar-refractivity contribution is -0.384. The van der Waals surface area contributed by atoms with Crippen molar-refractivity contribution in [2.75, 3.05) is 13.2 Å². The van der Waals surface area contributed by atoms with Crippen LogP contribution in [0.4, 0.5) is 5.69 Å². The summed E-state index contributed by atoms with van der Waals surface area (Å²) in [7, 11) is 0. The number of carbonyl (C=O) groups excluding carboxylic acids is 1. The summed E-state index contributed by atoms with van der Waals surface area (Å²) in [4.78, 5) is 24.8. The van der Waals surface area contributed by atoms with Crippen molar-refractivity contribution in [1.29, 1.82) is 0 Å². The van der Waals surface area contributed by atoms with E-state index in [2.05, 4.69) is 0 Å². The molecule has 1 aliphatic heterocycles. The van der Waals surface area contributed by atoms with Crippen molar-refractivity contribution < 1.29 is 14.5 Å². The second-order valence-electron chi connectivity index (χ2n) is 6.38. The van der Waals surface area contributed by atoms with Crippen molar-refractivity contribution in [3.63, 3.8) is 0 Å². The van der Waals surface area contributed by atoms with E-state index in [1.165, 1.54) is 37.8 Å². The monoisotopic (exact) mass is 318 g/mol. The number of carbonyl (C=O) groups is 1. The number of piperidine rings is 1. The molecule has 124 valence electrons. The minimum absolute atomic E-state index is 0.00638. The molecule has 1 saturated carbocycles. The van der Waals surface area contributed by atoms with Gasteiger partial charge in [0.15, 0.2) is 6.61 Å². The molecule has 2 atom stereocenters. The van der Waals surface area contributed by atoms with Crippen LogP contribution in [0.2, 0.25) is 0 Å². The molecule has 1 amide bonds. The first-order valence-electron chi connectivity index (χ1n) is 8.32. The fraction of sp³-hybridized carbons (Fsp3) is 0.588. The molecule has 0 aromatic heterocycles. The number of non-ortho nitro benzene ring substituents is 1. The minimum Gasteiger partial charge on any atom is -0.484 e. The van der Waals surface area contributed by atoms with Gasteiger partial charge in [-0.15, -0.1) is 0 Å². The number of nitro groups is 1. The van der Waals surface area contributed by atoms with E-state index >= 15 is 0 Å². The Balaban J connectivity index is 1.60. The molecule has 23 heavy (non-hydrogen) atoms. The Labute approximate surface area is 135 Å². The van der Waals surface area contributed by atoms with Gasteiger partial charge in [0.1, 0.15) is 5.75 Å². The van der Waals surface area contributed by atoms with Gasteiger partial charge in [0.2, 0.25) is 0 Å². The Morgan fingerprint density at radius 3 is 2.87 bits per heavy atom. The van der Waals surface area contributed by atoms with Crippen molar-refractivity contribution in [1.82, 2.24) is 4.90 Å². The molecule has 2 aliphatic rings. The Morgan fingerprint density at radius 1 is 1.26 bits per heavy atom. The molecule has 1 saturated heterocycles. The highest BCUT2D eigenvalue weighted by molar-refractivity contribution is 5.78. The maximum atomic E-state index is 12.5. The smallest absolute Gasteiger partial charge is 0.273 e. The van der Waals surface area contributed by atoms with Gasteiger partial charge in [-0.3, -0.25) is 14.9 Å². The van der Waals surface area contributed by atoms with Crippen LogP contribution in [-0.4, -0.2) is 34.9 Å². The summed E-state index contributed by atoms with van der Waals surface area (Å²) >= 11 is 0. The van der Waals surface area contributed by atoms with Gasteiger partial charge in [0, 0.05) is 18.7 Å². The average molecular weight is 318 g/mol. The first-order valence-corrected chi connectivity index (χ1v) is 8.32. The van der Waals surface area contributed by atoms with Crippen molar-refractivity contribution in [2.45, 2.75) is 44.6 Å². The number of likely N-dealkylation sites (tertiary alicyclic amines) is 1. The molecule has 6 nitrogen and oxygen atoms in total.